The smallest absolute Gasteiger partial charge is 0.338 e. The van der Waals surface area contributed by atoms with Crippen LogP contribution in [0, 0.1) is 23.5 Å². The highest BCUT2D eigenvalue weighted by molar-refractivity contribution is 6.09. The average Bonchev–Trinajstić information content (AvgIpc) is 2.91. The van der Waals surface area contributed by atoms with Gasteiger partial charge in [-0.15, -0.1) is 6.42 Å². The third-order valence-corrected chi connectivity index (χ3v) is 6.58. The van der Waals surface area contributed by atoms with Gasteiger partial charge in [0.1, 0.15) is 11.5 Å². The van der Waals surface area contributed by atoms with Crippen molar-refractivity contribution in [3.8, 4) is 12.3 Å². The molecular formula is C29H29N5O5. The van der Waals surface area contributed by atoms with Gasteiger partial charge in [-0.2, -0.15) is 5.17 Å². The van der Waals surface area contributed by atoms with Crippen LogP contribution in [-0.2, 0) is 19.1 Å². The Hall–Kier alpha value is -4.72. The van der Waals surface area contributed by atoms with Gasteiger partial charge in [0.15, 0.2) is 0 Å². The second kappa shape index (κ2) is 11.3. The summed E-state index contributed by atoms with van der Waals surface area (Å²) in [6.07, 6.45) is 5.71. The number of hydrogen-bond donors (Lipinski definition) is 4. The van der Waals surface area contributed by atoms with Gasteiger partial charge in [-0.05, 0) is 43.7 Å². The van der Waals surface area contributed by atoms with E-state index in [1.54, 1.807) is 62.4 Å². The molecule has 0 radical (unpaired) electrons. The van der Waals surface area contributed by atoms with Crippen molar-refractivity contribution < 1.29 is 24.3 Å². The number of carbonyl (C=O) groups is 3. The maximum atomic E-state index is 13.7. The van der Waals surface area contributed by atoms with Crippen LogP contribution in [0.1, 0.15) is 49.8 Å². The topological polar surface area (TPSA) is 150 Å². The molecule has 0 aromatic heterocycles. The van der Waals surface area contributed by atoms with Crippen molar-refractivity contribution in [2.75, 3.05) is 11.9 Å². The van der Waals surface area contributed by atoms with Gasteiger partial charge in [-0.1, -0.05) is 42.2 Å². The summed E-state index contributed by atoms with van der Waals surface area (Å²) in [6, 6.07) is 13.8. The van der Waals surface area contributed by atoms with Crippen LogP contribution in [0.5, 0.6) is 0 Å². The molecule has 2 aromatic rings. The number of ether oxygens (including phenoxy) is 1. The van der Waals surface area contributed by atoms with Crippen LogP contribution in [0.2, 0.25) is 0 Å². The van der Waals surface area contributed by atoms with Crippen LogP contribution in [0.25, 0.3) is 0 Å². The first-order valence-electron chi connectivity index (χ1n) is 12.4. The van der Waals surface area contributed by atoms with Crippen LogP contribution in [0.3, 0.4) is 0 Å². The minimum atomic E-state index is -0.834. The number of hydrogen-bond acceptors (Lipinski definition) is 8. The molecule has 10 heteroatoms. The van der Waals surface area contributed by atoms with E-state index >= 15 is 0 Å². The molecule has 2 heterocycles. The Labute approximate surface area is 226 Å². The SMILES string of the molecule is C#Cc1cccc(C2C(C(=O)Nc3ccc(C4=N[NH+]([O-])C(=O)CC4C)cc3)=C(C)NC(N)=C2C(=O)OCC)c1. The van der Waals surface area contributed by atoms with Crippen LogP contribution in [0.15, 0.2) is 76.3 Å². The van der Waals surface area contributed by atoms with Crippen molar-refractivity contribution in [3.05, 3.63) is 93.1 Å². The number of esters is 1. The molecule has 0 spiro atoms. The Bertz CT molecular complexity index is 1470. The first kappa shape index (κ1) is 27.3. The fraction of sp³-hybridized carbons (Fsp3) is 0.241. The molecule has 0 bridgehead atoms. The fourth-order valence-corrected chi connectivity index (χ4v) is 4.75. The lowest BCUT2D eigenvalue weighted by molar-refractivity contribution is -0.774. The highest BCUT2D eigenvalue weighted by Crippen LogP contribution is 2.38. The molecule has 5 N–H and O–H groups in total. The molecule has 3 atom stereocenters. The minimum absolute atomic E-state index is 0.0957. The number of hydroxylamine groups is 1. The van der Waals surface area contributed by atoms with Gasteiger partial charge in [0.25, 0.3) is 5.91 Å². The molecule has 2 amide bonds. The van der Waals surface area contributed by atoms with E-state index < -0.39 is 28.9 Å². The van der Waals surface area contributed by atoms with Crippen molar-refractivity contribution in [2.24, 2.45) is 16.8 Å². The van der Waals surface area contributed by atoms with Crippen molar-refractivity contribution in [3.63, 3.8) is 0 Å². The number of nitrogens with two attached hydrogens (primary N) is 1. The molecule has 200 valence electrons. The Morgan fingerprint density at radius 1 is 1.26 bits per heavy atom. The monoisotopic (exact) mass is 527 g/mol. The van der Waals surface area contributed by atoms with Gasteiger partial charge in [-0.3, -0.25) is 4.79 Å². The molecule has 2 aromatic carbocycles. The lowest BCUT2D eigenvalue weighted by atomic mass is 9.80. The number of nitrogens with one attached hydrogen (secondary N) is 3. The van der Waals surface area contributed by atoms with E-state index in [1.165, 1.54) is 0 Å². The van der Waals surface area contributed by atoms with E-state index in [0.717, 1.165) is 0 Å². The van der Waals surface area contributed by atoms with E-state index in [0.29, 0.717) is 33.8 Å². The Morgan fingerprint density at radius 2 is 1.97 bits per heavy atom. The minimum Gasteiger partial charge on any atom is -0.599 e. The number of quaternary nitrogens is 1. The number of carbonyl (C=O) groups excluding carboxylic acids is 3. The third-order valence-electron chi connectivity index (χ3n) is 6.58. The molecule has 2 aliphatic rings. The molecule has 0 aliphatic carbocycles. The van der Waals surface area contributed by atoms with Gasteiger partial charge in [0, 0.05) is 34.0 Å². The van der Waals surface area contributed by atoms with Crippen molar-refractivity contribution in [1.82, 2.24) is 5.32 Å². The van der Waals surface area contributed by atoms with Gasteiger partial charge < -0.3 is 26.3 Å². The summed E-state index contributed by atoms with van der Waals surface area (Å²) in [6.45, 7) is 5.35. The molecule has 4 rings (SSSR count). The van der Waals surface area contributed by atoms with E-state index in [9.17, 15) is 19.6 Å². The van der Waals surface area contributed by atoms with Gasteiger partial charge >= 0.3 is 11.9 Å². The van der Waals surface area contributed by atoms with Crippen LogP contribution in [0.4, 0.5) is 5.69 Å². The number of terminal acetylenes is 1. The molecule has 39 heavy (non-hydrogen) atoms. The van der Waals surface area contributed by atoms with E-state index in [4.69, 9.17) is 16.9 Å². The molecular weight excluding hydrogens is 498 g/mol. The quantitative estimate of drug-likeness (QED) is 0.253. The zero-order valence-corrected chi connectivity index (χ0v) is 21.8. The van der Waals surface area contributed by atoms with E-state index in [-0.39, 0.29) is 35.9 Å². The Kier molecular flexibility index (Phi) is 7.95. The van der Waals surface area contributed by atoms with Crippen molar-refractivity contribution >= 4 is 29.2 Å². The average molecular weight is 528 g/mol. The van der Waals surface area contributed by atoms with E-state index in [1.807, 2.05) is 6.92 Å². The Balaban J connectivity index is 1.67. The Morgan fingerprint density at radius 3 is 2.64 bits per heavy atom. The maximum Gasteiger partial charge on any atom is 0.338 e. The highest BCUT2D eigenvalue weighted by atomic mass is 16.5. The third kappa shape index (κ3) is 5.60. The zero-order chi connectivity index (χ0) is 28.3. The number of anilines is 1. The fourth-order valence-electron chi connectivity index (χ4n) is 4.75. The normalized spacial score (nSPS) is 21.1. The summed E-state index contributed by atoms with van der Waals surface area (Å²) in [7, 11) is 0. The van der Waals surface area contributed by atoms with Gasteiger partial charge in [0.2, 0.25) is 0 Å². The van der Waals surface area contributed by atoms with Crippen molar-refractivity contribution in [2.45, 2.75) is 33.1 Å². The lowest BCUT2D eigenvalue weighted by Gasteiger charge is -2.30. The molecule has 0 saturated heterocycles. The van der Waals surface area contributed by atoms with Gasteiger partial charge in [0.05, 0.1) is 24.5 Å². The first-order valence-corrected chi connectivity index (χ1v) is 12.4. The number of rotatable bonds is 6. The summed E-state index contributed by atoms with van der Waals surface area (Å²) in [5, 5.41) is 20.8. The second-order valence-electron chi connectivity index (χ2n) is 9.28. The predicted octanol–water partition coefficient (Wildman–Crippen LogP) is 1.65. The van der Waals surface area contributed by atoms with Gasteiger partial charge in [-0.25, -0.2) is 9.59 Å². The number of allylic oxidation sites excluding steroid dienone is 1. The first-order chi connectivity index (χ1) is 18.6. The zero-order valence-electron chi connectivity index (χ0n) is 21.8. The number of nitrogens with zero attached hydrogens (tertiary/aromatic N) is 1. The second-order valence-corrected chi connectivity index (χ2v) is 9.28. The van der Waals surface area contributed by atoms with Crippen molar-refractivity contribution in [1.29, 1.82) is 0 Å². The van der Waals surface area contributed by atoms with Crippen LogP contribution < -0.4 is 21.5 Å². The maximum absolute atomic E-state index is 13.7. The van der Waals surface area contributed by atoms with E-state index in [2.05, 4.69) is 21.7 Å². The number of amides is 2. The summed E-state index contributed by atoms with van der Waals surface area (Å²) in [5.41, 5.74) is 9.98. The summed E-state index contributed by atoms with van der Waals surface area (Å²) in [4.78, 5) is 38.3. The summed E-state index contributed by atoms with van der Waals surface area (Å²) in [5.74, 6) is 0.0400. The predicted molar refractivity (Wildman–Crippen MR) is 146 cm³/mol. The molecule has 0 fully saturated rings. The highest BCUT2D eigenvalue weighted by Gasteiger charge is 2.38. The van der Waals surface area contributed by atoms with Crippen LogP contribution in [-0.4, -0.2) is 30.1 Å². The number of benzene rings is 2. The number of dihydropyridines is 1. The molecule has 0 saturated carbocycles. The molecule has 10 nitrogen and oxygen atoms in total. The summed E-state index contributed by atoms with van der Waals surface area (Å²) >= 11 is 0. The lowest BCUT2D eigenvalue weighted by Crippen LogP contribution is -3.06. The van der Waals surface area contributed by atoms with Crippen LogP contribution >= 0.6 is 0 Å². The largest absolute Gasteiger partial charge is 0.599 e. The molecule has 3 unspecified atom stereocenters. The summed E-state index contributed by atoms with van der Waals surface area (Å²) < 4.78 is 5.27. The standard InChI is InChI=1S/C29H29N5O5/c1-5-18-8-7-9-20(15-18)24-23(17(4)31-27(30)25(24)29(37)39-6-2)28(36)32-21-12-10-19(11-13-21)26-16(3)14-22(35)34(38)33-26/h1,7-13,15-16,24,31,34H,6,14,30H2,2-4H3,(H,32,36). The molecule has 2 aliphatic heterocycles.